The molecule has 0 aliphatic rings. The summed E-state index contributed by atoms with van der Waals surface area (Å²) in [7, 11) is 1.88. The summed E-state index contributed by atoms with van der Waals surface area (Å²) in [6.45, 7) is 2.82. The summed E-state index contributed by atoms with van der Waals surface area (Å²) in [5, 5.41) is 3.46. The van der Waals surface area contributed by atoms with Crippen LogP contribution < -0.4 is 5.32 Å². The van der Waals surface area contributed by atoms with Gasteiger partial charge in [-0.15, -0.1) is 0 Å². The summed E-state index contributed by atoms with van der Waals surface area (Å²) < 4.78 is 0.937. The summed E-state index contributed by atoms with van der Waals surface area (Å²) >= 11 is 9.56. The molecule has 0 saturated heterocycles. The number of likely N-dealkylation sites (N-methyl/N-ethyl adjacent to an activating group) is 1. The standard InChI is InChI=1S/C16H17BrClN3O/c1-11-3-6-15(19-8-11)20-16(22)10-21(2)9-12-4-5-13(17)7-14(12)18/h3-8H,9-10H2,1-2H3,(H,19,20,22). The van der Waals surface area contributed by atoms with Gasteiger partial charge in [0.1, 0.15) is 5.82 Å². The molecule has 0 aliphatic heterocycles. The van der Waals surface area contributed by atoms with Crippen LogP contribution in [0.4, 0.5) is 5.82 Å². The fraction of sp³-hybridized carbons (Fsp3) is 0.250. The molecule has 0 saturated carbocycles. The number of aromatic nitrogens is 1. The van der Waals surface area contributed by atoms with E-state index in [4.69, 9.17) is 11.6 Å². The molecule has 22 heavy (non-hydrogen) atoms. The lowest BCUT2D eigenvalue weighted by atomic mass is 10.2. The first-order valence-electron chi connectivity index (χ1n) is 6.79. The molecule has 0 spiro atoms. The van der Waals surface area contributed by atoms with Gasteiger partial charge in [0.15, 0.2) is 0 Å². The van der Waals surface area contributed by atoms with Gasteiger partial charge in [-0.25, -0.2) is 4.98 Å². The van der Waals surface area contributed by atoms with Gasteiger partial charge in [0.2, 0.25) is 5.91 Å². The molecule has 1 aromatic heterocycles. The fourth-order valence-electron chi connectivity index (χ4n) is 1.97. The Bertz CT molecular complexity index is 661. The summed E-state index contributed by atoms with van der Waals surface area (Å²) in [6, 6.07) is 9.43. The van der Waals surface area contributed by atoms with Crippen LogP contribution in [-0.4, -0.2) is 29.4 Å². The van der Waals surface area contributed by atoms with Crippen molar-refractivity contribution in [1.82, 2.24) is 9.88 Å². The number of hydrogen-bond acceptors (Lipinski definition) is 3. The number of carbonyl (C=O) groups is 1. The first kappa shape index (κ1) is 16.9. The van der Waals surface area contributed by atoms with Crippen LogP contribution in [0.3, 0.4) is 0 Å². The quantitative estimate of drug-likeness (QED) is 0.853. The van der Waals surface area contributed by atoms with Crippen LogP contribution in [-0.2, 0) is 11.3 Å². The Morgan fingerprint density at radius 3 is 2.77 bits per heavy atom. The van der Waals surface area contributed by atoms with Crippen molar-refractivity contribution in [3.63, 3.8) is 0 Å². The lowest BCUT2D eigenvalue weighted by Crippen LogP contribution is -2.30. The van der Waals surface area contributed by atoms with Crippen LogP contribution in [0.1, 0.15) is 11.1 Å². The van der Waals surface area contributed by atoms with Crippen molar-refractivity contribution in [3.8, 4) is 0 Å². The zero-order valence-electron chi connectivity index (χ0n) is 12.4. The highest BCUT2D eigenvalue weighted by atomic mass is 79.9. The number of pyridine rings is 1. The maximum atomic E-state index is 12.0. The smallest absolute Gasteiger partial charge is 0.239 e. The minimum Gasteiger partial charge on any atom is -0.310 e. The largest absolute Gasteiger partial charge is 0.310 e. The van der Waals surface area contributed by atoms with Crippen LogP contribution in [0.15, 0.2) is 41.0 Å². The fourth-order valence-corrected chi connectivity index (χ4v) is 2.70. The Morgan fingerprint density at radius 2 is 2.14 bits per heavy atom. The van der Waals surface area contributed by atoms with Gasteiger partial charge >= 0.3 is 0 Å². The number of aryl methyl sites for hydroxylation is 1. The topological polar surface area (TPSA) is 45.2 Å². The van der Waals surface area contributed by atoms with E-state index in [-0.39, 0.29) is 12.5 Å². The third kappa shape index (κ3) is 5.09. The van der Waals surface area contributed by atoms with Gasteiger partial charge in [-0.05, 0) is 43.3 Å². The second-order valence-electron chi connectivity index (χ2n) is 5.18. The van der Waals surface area contributed by atoms with Crippen molar-refractivity contribution in [3.05, 3.63) is 57.2 Å². The highest BCUT2D eigenvalue weighted by Gasteiger charge is 2.10. The molecular weight excluding hydrogens is 366 g/mol. The average Bonchev–Trinajstić information content (AvgIpc) is 2.44. The average molecular weight is 383 g/mol. The molecule has 0 fully saturated rings. The SMILES string of the molecule is Cc1ccc(NC(=O)CN(C)Cc2ccc(Br)cc2Cl)nc1. The molecule has 1 amide bonds. The van der Waals surface area contributed by atoms with Gasteiger partial charge in [-0.2, -0.15) is 0 Å². The lowest BCUT2D eigenvalue weighted by molar-refractivity contribution is -0.117. The third-order valence-corrected chi connectivity index (χ3v) is 3.89. The van der Waals surface area contributed by atoms with Gasteiger partial charge < -0.3 is 5.32 Å². The van der Waals surface area contributed by atoms with E-state index in [1.807, 2.05) is 43.1 Å². The van der Waals surface area contributed by atoms with Gasteiger partial charge in [0.25, 0.3) is 0 Å². The molecule has 0 unspecified atom stereocenters. The second kappa shape index (κ2) is 7.72. The number of benzene rings is 1. The normalized spacial score (nSPS) is 10.8. The zero-order chi connectivity index (χ0) is 16.1. The van der Waals surface area contributed by atoms with E-state index in [1.165, 1.54) is 0 Å². The lowest BCUT2D eigenvalue weighted by Gasteiger charge is -2.17. The van der Waals surface area contributed by atoms with Crippen molar-refractivity contribution in [2.75, 3.05) is 18.9 Å². The number of hydrogen-bond donors (Lipinski definition) is 1. The zero-order valence-corrected chi connectivity index (χ0v) is 14.8. The number of carbonyl (C=O) groups excluding carboxylic acids is 1. The Morgan fingerprint density at radius 1 is 1.36 bits per heavy atom. The molecule has 0 aliphatic carbocycles. The highest BCUT2D eigenvalue weighted by Crippen LogP contribution is 2.22. The summed E-state index contributed by atoms with van der Waals surface area (Å²) in [4.78, 5) is 18.1. The van der Waals surface area contributed by atoms with Crippen molar-refractivity contribution in [1.29, 1.82) is 0 Å². The summed E-state index contributed by atoms with van der Waals surface area (Å²) in [5.74, 6) is 0.456. The minimum atomic E-state index is -0.105. The van der Waals surface area contributed by atoms with Crippen LogP contribution in [0.5, 0.6) is 0 Å². The number of anilines is 1. The molecule has 6 heteroatoms. The third-order valence-electron chi connectivity index (χ3n) is 3.05. The van der Waals surface area contributed by atoms with E-state index < -0.39 is 0 Å². The number of halogens is 2. The Kier molecular flexibility index (Phi) is 5.94. The van der Waals surface area contributed by atoms with Crippen molar-refractivity contribution in [2.45, 2.75) is 13.5 Å². The Balaban J connectivity index is 1.89. The minimum absolute atomic E-state index is 0.105. The monoisotopic (exact) mass is 381 g/mol. The van der Waals surface area contributed by atoms with Gasteiger partial charge in [-0.1, -0.05) is 39.7 Å². The molecule has 0 bridgehead atoms. The maximum Gasteiger partial charge on any atom is 0.239 e. The van der Waals surface area contributed by atoms with E-state index in [2.05, 4.69) is 26.2 Å². The molecule has 4 nitrogen and oxygen atoms in total. The molecule has 0 atom stereocenters. The molecule has 1 aromatic carbocycles. The Labute approximate surface area is 143 Å². The first-order valence-corrected chi connectivity index (χ1v) is 7.96. The predicted molar refractivity (Wildman–Crippen MR) is 93.1 cm³/mol. The van der Waals surface area contributed by atoms with Gasteiger partial charge in [0.05, 0.1) is 6.54 Å². The van der Waals surface area contributed by atoms with Crippen LogP contribution in [0, 0.1) is 6.92 Å². The van der Waals surface area contributed by atoms with E-state index in [9.17, 15) is 4.79 Å². The number of nitrogens with one attached hydrogen (secondary N) is 1. The van der Waals surface area contributed by atoms with Crippen LogP contribution >= 0.6 is 27.5 Å². The van der Waals surface area contributed by atoms with E-state index in [1.54, 1.807) is 12.3 Å². The summed E-state index contributed by atoms with van der Waals surface area (Å²) in [6.07, 6.45) is 1.72. The second-order valence-corrected chi connectivity index (χ2v) is 6.50. The molecule has 1 N–H and O–H groups in total. The highest BCUT2D eigenvalue weighted by molar-refractivity contribution is 9.10. The van der Waals surface area contributed by atoms with Crippen molar-refractivity contribution < 1.29 is 4.79 Å². The van der Waals surface area contributed by atoms with Gasteiger partial charge in [0, 0.05) is 22.2 Å². The maximum absolute atomic E-state index is 12.0. The number of nitrogens with zero attached hydrogens (tertiary/aromatic N) is 2. The first-order chi connectivity index (χ1) is 10.4. The van der Waals surface area contributed by atoms with Crippen LogP contribution in [0.2, 0.25) is 5.02 Å². The Hall–Kier alpha value is -1.43. The van der Waals surface area contributed by atoms with E-state index in [0.29, 0.717) is 17.4 Å². The van der Waals surface area contributed by atoms with Crippen molar-refractivity contribution >= 4 is 39.3 Å². The number of rotatable bonds is 5. The summed E-state index contributed by atoms with van der Waals surface area (Å²) in [5.41, 5.74) is 2.04. The van der Waals surface area contributed by atoms with E-state index >= 15 is 0 Å². The van der Waals surface area contributed by atoms with Gasteiger partial charge in [-0.3, -0.25) is 9.69 Å². The molecule has 2 aromatic rings. The molecular formula is C16H17BrClN3O. The molecule has 2 rings (SSSR count). The van der Waals surface area contributed by atoms with Crippen molar-refractivity contribution in [2.24, 2.45) is 0 Å². The number of amides is 1. The molecule has 0 radical (unpaired) electrons. The molecule has 116 valence electrons. The molecule has 1 heterocycles. The predicted octanol–water partition coefficient (Wildman–Crippen LogP) is 3.88. The van der Waals surface area contributed by atoms with Crippen LogP contribution in [0.25, 0.3) is 0 Å². The van der Waals surface area contributed by atoms with E-state index in [0.717, 1.165) is 15.6 Å².